The molecular weight excluding hydrogens is 344 g/mol. The highest BCUT2D eigenvalue weighted by molar-refractivity contribution is 5.97. The molecule has 0 saturated carbocycles. The van der Waals surface area contributed by atoms with Crippen molar-refractivity contribution in [1.82, 2.24) is 9.47 Å². The number of hydrogen-bond donors (Lipinski definition) is 1. The summed E-state index contributed by atoms with van der Waals surface area (Å²) in [4.78, 5) is 26.8. The Morgan fingerprint density at radius 2 is 2.00 bits per heavy atom. The number of ether oxygens (including phenoxy) is 1. The summed E-state index contributed by atoms with van der Waals surface area (Å²) >= 11 is 0. The first-order valence-electron chi connectivity index (χ1n) is 8.85. The van der Waals surface area contributed by atoms with Gasteiger partial charge in [-0.15, -0.1) is 0 Å². The summed E-state index contributed by atoms with van der Waals surface area (Å²) in [5, 5.41) is 9.24. The number of piperidine rings is 1. The van der Waals surface area contributed by atoms with Gasteiger partial charge < -0.3 is 19.9 Å². The number of nitrogen functional groups attached to an aromatic ring is 1. The molecule has 1 aromatic heterocycles. The Morgan fingerprint density at radius 1 is 1.30 bits per heavy atom. The van der Waals surface area contributed by atoms with E-state index >= 15 is 0 Å². The van der Waals surface area contributed by atoms with E-state index in [0.29, 0.717) is 17.2 Å². The Balaban J connectivity index is 1.98. The fourth-order valence-corrected chi connectivity index (χ4v) is 3.30. The van der Waals surface area contributed by atoms with Gasteiger partial charge in [0.05, 0.1) is 18.4 Å². The van der Waals surface area contributed by atoms with Crippen LogP contribution in [0.2, 0.25) is 0 Å². The number of hydrogen-bond acceptors (Lipinski definition) is 5. The molecule has 140 valence electrons. The molecule has 0 atom stereocenters. The normalized spacial score (nSPS) is 14.6. The van der Waals surface area contributed by atoms with E-state index in [1.54, 1.807) is 24.3 Å². The fourth-order valence-electron chi connectivity index (χ4n) is 3.30. The maximum atomic E-state index is 12.8. The molecule has 7 heteroatoms. The number of esters is 1. The zero-order chi connectivity index (χ0) is 19.6. The first-order valence-corrected chi connectivity index (χ1v) is 8.85. The zero-order valence-corrected chi connectivity index (χ0v) is 15.4. The smallest absolute Gasteiger partial charge is 0.357 e. The van der Waals surface area contributed by atoms with Gasteiger partial charge in [-0.2, -0.15) is 5.26 Å². The summed E-state index contributed by atoms with van der Waals surface area (Å²) in [5.41, 5.74) is 7.35. The highest BCUT2D eigenvalue weighted by Gasteiger charge is 2.24. The molecule has 0 bridgehead atoms. The van der Waals surface area contributed by atoms with Crippen molar-refractivity contribution < 1.29 is 14.3 Å². The van der Waals surface area contributed by atoms with Gasteiger partial charge in [-0.3, -0.25) is 4.79 Å². The van der Waals surface area contributed by atoms with Gasteiger partial charge in [0.2, 0.25) is 0 Å². The van der Waals surface area contributed by atoms with Crippen LogP contribution in [-0.4, -0.2) is 41.5 Å². The molecule has 0 radical (unpaired) electrons. The van der Waals surface area contributed by atoms with Crippen molar-refractivity contribution in [2.24, 2.45) is 5.92 Å². The number of nitriles is 1. The minimum atomic E-state index is -0.643. The second kappa shape index (κ2) is 7.54. The van der Waals surface area contributed by atoms with Crippen molar-refractivity contribution in [2.45, 2.75) is 19.8 Å². The van der Waals surface area contributed by atoms with Crippen LogP contribution >= 0.6 is 0 Å². The minimum absolute atomic E-state index is 0.0380. The van der Waals surface area contributed by atoms with E-state index in [1.807, 2.05) is 11.0 Å². The third kappa shape index (κ3) is 3.51. The number of likely N-dealkylation sites (tertiary alicyclic amines) is 1. The standard InChI is InChI=1S/C20H22N4O3/c1-13-6-8-23(9-7-13)19(25)14-4-3-5-16(10-14)24-12-15(11-21)17(22)18(24)20(26)27-2/h3-5,10,12-13H,6-9,22H2,1-2H3. The van der Waals surface area contributed by atoms with E-state index < -0.39 is 5.97 Å². The molecule has 27 heavy (non-hydrogen) atoms. The molecule has 1 fully saturated rings. The number of benzene rings is 1. The molecule has 0 unspecified atom stereocenters. The molecule has 2 N–H and O–H groups in total. The van der Waals surface area contributed by atoms with Crippen LogP contribution in [0.5, 0.6) is 0 Å². The van der Waals surface area contributed by atoms with Crippen LogP contribution in [0.4, 0.5) is 5.69 Å². The summed E-state index contributed by atoms with van der Waals surface area (Å²) in [5.74, 6) is -0.0463. The molecule has 1 amide bonds. The number of carbonyl (C=O) groups excluding carboxylic acids is 2. The van der Waals surface area contributed by atoms with Gasteiger partial charge >= 0.3 is 5.97 Å². The first-order chi connectivity index (χ1) is 13.0. The summed E-state index contributed by atoms with van der Waals surface area (Å²) in [6, 6.07) is 8.92. The lowest BCUT2D eigenvalue weighted by molar-refractivity contribution is 0.0592. The van der Waals surface area contributed by atoms with Crippen LogP contribution < -0.4 is 5.73 Å². The number of aromatic nitrogens is 1. The number of amides is 1. The second-order valence-electron chi connectivity index (χ2n) is 6.80. The van der Waals surface area contributed by atoms with Gasteiger partial charge in [-0.05, 0) is 37.0 Å². The van der Waals surface area contributed by atoms with E-state index in [1.165, 1.54) is 17.9 Å². The molecule has 3 rings (SSSR count). The van der Waals surface area contributed by atoms with Crippen molar-refractivity contribution in [3.05, 3.63) is 47.3 Å². The van der Waals surface area contributed by atoms with Gasteiger partial charge in [-0.1, -0.05) is 13.0 Å². The van der Waals surface area contributed by atoms with Gasteiger partial charge in [0.25, 0.3) is 5.91 Å². The van der Waals surface area contributed by atoms with Crippen molar-refractivity contribution in [3.63, 3.8) is 0 Å². The average Bonchev–Trinajstić information content (AvgIpc) is 3.04. The van der Waals surface area contributed by atoms with E-state index in [-0.39, 0.29) is 22.9 Å². The van der Waals surface area contributed by atoms with Gasteiger partial charge in [-0.25, -0.2) is 4.79 Å². The minimum Gasteiger partial charge on any atom is -0.464 e. The number of nitrogens with zero attached hydrogens (tertiary/aromatic N) is 3. The SMILES string of the molecule is COC(=O)c1c(N)c(C#N)cn1-c1cccc(C(=O)N2CCC(C)CC2)c1. The highest BCUT2D eigenvalue weighted by Crippen LogP contribution is 2.26. The molecule has 2 heterocycles. The van der Waals surface area contributed by atoms with Crippen LogP contribution in [0, 0.1) is 17.2 Å². The lowest BCUT2D eigenvalue weighted by Gasteiger charge is -2.30. The van der Waals surface area contributed by atoms with Crippen LogP contribution in [0.25, 0.3) is 5.69 Å². The molecule has 1 aliphatic heterocycles. The van der Waals surface area contributed by atoms with Crippen molar-refractivity contribution in [2.75, 3.05) is 25.9 Å². The molecule has 1 aromatic carbocycles. The maximum absolute atomic E-state index is 12.8. The summed E-state index contributed by atoms with van der Waals surface area (Å²) < 4.78 is 6.29. The summed E-state index contributed by atoms with van der Waals surface area (Å²) in [7, 11) is 1.25. The molecule has 0 spiro atoms. The van der Waals surface area contributed by atoms with E-state index in [2.05, 4.69) is 6.92 Å². The summed E-state index contributed by atoms with van der Waals surface area (Å²) in [6.07, 6.45) is 3.48. The van der Waals surface area contributed by atoms with Gasteiger partial charge in [0, 0.05) is 30.5 Å². The monoisotopic (exact) mass is 366 g/mol. The quantitative estimate of drug-likeness (QED) is 0.841. The van der Waals surface area contributed by atoms with Crippen LogP contribution in [0.1, 0.15) is 46.2 Å². The van der Waals surface area contributed by atoms with Crippen LogP contribution in [0.3, 0.4) is 0 Å². The van der Waals surface area contributed by atoms with E-state index in [4.69, 9.17) is 10.5 Å². The van der Waals surface area contributed by atoms with Crippen LogP contribution in [0.15, 0.2) is 30.5 Å². The average molecular weight is 366 g/mol. The van der Waals surface area contributed by atoms with Crippen LogP contribution in [-0.2, 0) is 4.74 Å². The van der Waals surface area contributed by atoms with Crippen molar-refractivity contribution in [3.8, 4) is 11.8 Å². The molecule has 1 saturated heterocycles. The molecule has 7 nitrogen and oxygen atoms in total. The summed E-state index contributed by atoms with van der Waals surface area (Å²) in [6.45, 7) is 3.68. The third-order valence-corrected chi connectivity index (χ3v) is 4.99. The number of carbonyl (C=O) groups is 2. The molecule has 1 aliphatic rings. The predicted octanol–water partition coefficient (Wildman–Crippen LogP) is 2.59. The Labute approximate surface area is 157 Å². The Morgan fingerprint density at radius 3 is 2.63 bits per heavy atom. The number of rotatable bonds is 3. The predicted molar refractivity (Wildman–Crippen MR) is 101 cm³/mol. The highest BCUT2D eigenvalue weighted by atomic mass is 16.5. The molecule has 0 aliphatic carbocycles. The van der Waals surface area contributed by atoms with E-state index in [0.717, 1.165) is 25.9 Å². The zero-order valence-electron chi connectivity index (χ0n) is 15.4. The fraction of sp³-hybridized carbons (Fsp3) is 0.350. The Bertz CT molecular complexity index is 918. The third-order valence-electron chi connectivity index (χ3n) is 4.99. The molecule has 2 aromatic rings. The van der Waals surface area contributed by atoms with Gasteiger partial charge in [0.15, 0.2) is 5.69 Å². The number of methoxy groups -OCH3 is 1. The second-order valence-corrected chi connectivity index (χ2v) is 6.80. The number of nitrogens with two attached hydrogens (primary N) is 1. The molecular formula is C20H22N4O3. The van der Waals surface area contributed by atoms with E-state index in [9.17, 15) is 14.9 Å². The largest absolute Gasteiger partial charge is 0.464 e. The first kappa shape index (κ1) is 18.5. The van der Waals surface area contributed by atoms with Gasteiger partial charge in [0.1, 0.15) is 6.07 Å². The Kier molecular flexibility index (Phi) is 5.17. The maximum Gasteiger partial charge on any atom is 0.357 e. The lowest BCUT2D eigenvalue weighted by Crippen LogP contribution is -2.37. The number of anilines is 1. The lowest BCUT2D eigenvalue weighted by atomic mass is 9.98. The Hall–Kier alpha value is -3.27. The van der Waals surface area contributed by atoms with Crippen molar-refractivity contribution in [1.29, 1.82) is 5.26 Å². The topological polar surface area (TPSA) is 101 Å². The van der Waals surface area contributed by atoms with Crippen molar-refractivity contribution >= 4 is 17.6 Å².